The molecule has 0 spiro atoms. The maximum atomic E-state index is 15.4. The van der Waals surface area contributed by atoms with Crippen molar-refractivity contribution in [2.75, 3.05) is 5.32 Å². The van der Waals surface area contributed by atoms with Crippen molar-refractivity contribution in [1.82, 2.24) is 29.8 Å². The van der Waals surface area contributed by atoms with Gasteiger partial charge in [-0.15, -0.1) is 5.10 Å². The summed E-state index contributed by atoms with van der Waals surface area (Å²) in [5, 5.41) is 14.9. The average molecular weight is 608 g/mol. The molecule has 1 unspecified atom stereocenters. The van der Waals surface area contributed by atoms with Crippen molar-refractivity contribution < 1.29 is 13.6 Å². The maximum Gasteiger partial charge on any atom is 0.227 e. The van der Waals surface area contributed by atoms with Gasteiger partial charge in [0.2, 0.25) is 5.91 Å². The molecule has 1 aromatic carbocycles. The van der Waals surface area contributed by atoms with Crippen LogP contribution in [0.2, 0.25) is 10.2 Å². The van der Waals surface area contributed by atoms with Crippen LogP contribution in [-0.4, -0.2) is 35.7 Å². The van der Waals surface area contributed by atoms with Crippen molar-refractivity contribution in [3.05, 3.63) is 92.7 Å². The van der Waals surface area contributed by atoms with Gasteiger partial charge in [0.1, 0.15) is 5.76 Å². The summed E-state index contributed by atoms with van der Waals surface area (Å²) in [5.74, 6) is -1.63. The Hall–Kier alpha value is -4.35. The lowest BCUT2D eigenvalue weighted by atomic mass is 9.88. The minimum atomic E-state index is -0.781. The number of carbonyl (C=O) groups is 1. The van der Waals surface area contributed by atoms with Crippen molar-refractivity contribution in [2.45, 2.75) is 32.1 Å². The van der Waals surface area contributed by atoms with E-state index in [1.54, 1.807) is 24.1 Å². The molecular formula is C29H24Cl2FN7O3. The second-order valence-electron chi connectivity index (χ2n) is 10.2. The number of fused-ring (bicyclic) bond motifs is 4. The van der Waals surface area contributed by atoms with Crippen LogP contribution in [0.3, 0.4) is 0 Å². The smallest absolute Gasteiger partial charge is 0.227 e. The van der Waals surface area contributed by atoms with Gasteiger partial charge in [0.05, 0.1) is 46.3 Å². The van der Waals surface area contributed by atoms with Crippen LogP contribution >= 0.6 is 23.2 Å². The summed E-state index contributed by atoms with van der Waals surface area (Å²) in [5.41, 5.74) is 2.93. The van der Waals surface area contributed by atoms with Crippen LogP contribution in [-0.2, 0) is 11.8 Å². The van der Waals surface area contributed by atoms with Gasteiger partial charge < -0.3 is 9.73 Å². The zero-order valence-corrected chi connectivity index (χ0v) is 24.0. The van der Waals surface area contributed by atoms with Gasteiger partial charge >= 0.3 is 0 Å². The first-order chi connectivity index (χ1) is 20.2. The first kappa shape index (κ1) is 27.8. The summed E-state index contributed by atoms with van der Waals surface area (Å²) in [4.78, 5) is 31.2. The maximum absolute atomic E-state index is 15.4. The Morgan fingerprint density at radius 2 is 1.98 bits per heavy atom. The van der Waals surface area contributed by atoms with E-state index in [4.69, 9.17) is 27.6 Å². The van der Waals surface area contributed by atoms with E-state index in [0.717, 1.165) is 11.3 Å². The molecule has 2 bridgehead atoms. The van der Waals surface area contributed by atoms with Crippen molar-refractivity contribution in [1.29, 1.82) is 0 Å². The highest BCUT2D eigenvalue weighted by atomic mass is 35.5. The summed E-state index contributed by atoms with van der Waals surface area (Å²) in [6, 6.07) is 7.86. The predicted molar refractivity (Wildman–Crippen MR) is 155 cm³/mol. The first-order valence-corrected chi connectivity index (χ1v) is 14.0. The van der Waals surface area contributed by atoms with Crippen LogP contribution in [0.5, 0.6) is 0 Å². The van der Waals surface area contributed by atoms with Crippen LogP contribution in [0.15, 0.2) is 64.4 Å². The van der Waals surface area contributed by atoms with E-state index in [1.165, 1.54) is 35.3 Å². The Labute approximate surface area is 249 Å². The molecule has 4 aromatic heterocycles. The van der Waals surface area contributed by atoms with Gasteiger partial charge in [-0.3, -0.25) is 19.3 Å². The van der Waals surface area contributed by atoms with Crippen LogP contribution in [0.4, 0.5) is 10.1 Å². The zero-order chi connectivity index (χ0) is 29.5. The summed E-state index contributed by atoms with van der Waals surface area (Å²) < 4.78 is 24.3. The molecular weight excluding hydrogens is 584 g/mol. The highest BCUT2D eigenvalue weighted by molar-refractivity contribution is 6.31. The highest BCUT2D eigenvalue weighted by Gasteiger charge is 2.26. The number of amides is 1. The van der Waals surface area contributed by atoms with E-state index in [9.17, 15) is 9.59 Å². The number of hydrogen-bond acceptors (Lipinski definition) is 7. The lowest BCUT2D eigenvalue weighted by Crippen LogP contribution is -2.22. The molecule has 10 nitrogen and oxygen atoms in total. The molecule has 13 heteroatoms. The second-order valence-corrected chi connectivity index (χ2v) is 11.0. The Balaban J connectivity index is 1.46. The number of halogens is 3. The summed E-state index contributed by atoms with van der Waals surface area (Å²) in [6.07, 6.45) is 7.80. The van der Waals surface area contributed by atoms with E-state index < -0.39 is 11.7 Å². The van der Waals surface area contributed by atoms with E-state index >= 15 is 4.39 Å². The highest BCUT2D eigenvalue weighted by Crippen LogP contribution is 2.36. The minimum absolute atomic E-state index is 0.0370. The molecule has 2 atom stereocenters. The lowest BCUT2D eigenvalue weighted by Gasteiger charge is -2.20. The third kappa shape index (κ3) is 5.10. The number of rotatable bonds is 3. The Morgan fingerprint density at radius 3 is 2.74 bits per heavy atom. The predicted octanol–water partition coefficient (Wildman–Crippen LogP) is 6.02. The Morgan fingerprint density at radius 1 is 1.14 bits per heavy atom. The van der Waals surface area contributed by atoms with Crippen molar-refractivity contribution in [3.63, 3.8) is 0 Å². The second kappa shape index (κ2) is 11.1. The number of pyridine rings is 1. The first-order valence-electron chi connectivity index (χ1n) is 13.2. The van der Waals surface area contributed by atoms with Gasteiger partial charge in [-0.25, -0.2) is 9.07 Å². The molecule has 5 heterocycles. The quantitative estimate of drug-likeness (QED) is 0.266. The molecule has 0 radical (unpaired) electrons. The molecule has 42 heavy (non-hydrogen) atoms. The number of hydrogen-bond donors (Lipinski definition) is 1. The third-order valence-corrected chi connectivity index (χ3v) is 7.92. The number of carbonyl (C=O) groups excluding carboxylic acids is 1. The lowest BCUT2D eigenvalue weighted by molar-refractivity contribution is -0.119. The van der Waals surface area contributed by atoms with Crippen molar-refractivity contribution >= 4 is 34.8 Å². The van der Waals surface area contributed by atoms with Gasteiger partial charge in [-0.1, -0.05) is 41.8 Å². The molecule has 5 aromatic rings. The monoisotopic (exact) mass is 607 g/mol. The van der Waals surface area contributed by atoms with Gasteiger partial charge in [0, 0.05) is 48.0 Å². The number of anilines is 1. The summed E-state index contributed by atoms with van der Waals surface area (Å²) >= 11 is 12.0. The van der Waals surface area contributed by atoms with Crippen LogP contribution < -0.4 is 10.7 Å². The number of nitrogens with one attached hydrogen (secondary N) is 1. The molecule has 1 aliphatic heterocycles. The van der Waals surface area contributed by atoms with E-state index in [-0.39, 0.29) is 44.4 Å². The molecule has 0 saturated heterocycles. The van der Waals surface area contributed by atoms with E-state index in [2.05, 4.69) is 25.7 Å². The minimum Gasteiger partial charge on any atom is -0.464 e. The summed E-state index contributed by atoms with van der Waals surface area (Å²) in [7, 11) is 1.79. The molecule has 1 amide bonds. The molecule has 1 N–H and O–H groups in total. The van der Waals surface area contributed by atoms with Crippen molar-refractivity contribution in [2.24, 2.45) is 13.0 Å². The Kier molecular flexibility index (Phi) is 7.38. The molecule has 0 saturated carbocycles. The number of benzene rings is 1. The number of aromatic nitrogens is 6. The van der Waals surface area contributed by atoms with Gasteiger partial charge in [-0.2, -0.15) is 5.10 Å². The molecule has 214 valence electrons. The van der Waals surface area contributed by atoms with Crippen LogP contribution in [0.25, 0.3) is 28.3 Å². The zero-order valence-electron chi connectivity index (χ0n) is 22.5. The topological polar surface area (TPSA) is 121 Å². The molecule has 6 rings (SSSR count). The fourth-order valence-electron chi connectivity index (χ4n) is 5.27. The SMILES string of the molecule is C[C@H]1CCCC(c2coc(-c3c(-n4cc(Cl)nn4)ccc(Cl)c3F)cc2=O)c2cc(ccn2)-c2c(cnn2C)NC1=O. The largest absolute Gasteiger partial charge is 0.464 e. The number of aryl methyl sites for hydroxylation is 1. The van der Waals surface area contributed by atoms with Gasteiger partial charge in [-0.05, 0) is 37.1 Å². The van der Waals surface area contributed by atoms with E-state index in [0.29, 0.717) is 36.2 Å². The standard InChI is InChI=1S/C29H24Cl2FN7O3/c1-15-4-3-5-17(20-10-16(8-9-33-20)28-21(35-29(15)41)12-34-38(28)2)18-14-42-24(11-23(18)40)26-22(7-6-19(30)27(26)32)39-13-25(31)36-37-39/h6-15,17H,3-5H2,1-2H3,(H,35,41)/t15-,17?/m0/s1. The number of nitrogens with zero attached hydrogens (tertiary/aromatic N) is 6. The van der Waals surface area contributed by atoms with Crippen molar-refractivity contribution in [3.8, 4) is 28.3 Å². The fourth-order valence-corrected chi connectivity index (χ4v) is 5.55. The molecule has 1 aliphatic rings. The van der Waals surface area contributed by atoms with E-state index in [1.807, 2.05) is 19.1 Å². The van der Waals surface area contributed by atoms with Crippen LogP contribution in [0, 0.1) is 11.7 Å². The van der Waals surface area contributed by atoms with Gasteiger partial charge in [0.25, 0.3) is 0 Å². The molecule has 0 fully saturated rings. The normalized spacial score (nSPS) is 17.2. The molecule has 0 aliphatic carbocycles. The average Bonchev–Trinajstić information content (AvgIpc) is 3.57. The van der Waals surface area contributed by atoms with Gasteiger partial charge in [0.15, 0.2) is 16.4 Å². The van der Waals surface area contributed by atoms with Crippen LogP contribution in [0.1, 0.15) is 43.4 Å². The summed E-state index contributed by atoms with van der Waals surface area (Å²) in [6.45, 7) is 1.87. The Bertz CT molecular complexity index is 1880. The third-order valence-electron chi connectivity index (χ3n) is 7.45. The fraction of sp³-hybridized carbons (Fsp3) is 0.241.